The van der Waals surface area contributed by atoms with Crippen LogP contribution < -0.4 is 4.90 Å². The van der Waals surface area contributed by atoms with Crippen LogP contribution >= 0.6 is 0 Å². The van der Waals surface area contributed by atoms with Crippen molar-refractivity contribution in [1.29, 1.82) is 0 Å². The highest BCUT2D eigenvalue weighted by Crippen LogP contribution is 2.34. The first kappa shape index (κ1) is 20.2. The summed E-state index contributed by atoms with van der Waals surface area (Å²) in [6.07, 6.45) is 7.51. The fourth-order valence-electron chi connectivity index (χ4n) is 4.53. The van der Waals surface area contributed by atoms with Gasteiger partial charge in [0, 0.05) is 44.5 Å². The highest BCUT2D eigenvalue weighted by Gasteiger charge is 2.30. The summed E-state index contributed by atoms with van der Waals surface area (Å²) >= 11 is 0. The van der Waals surface area contributed by atoms with Gasteiger partial charge in [0.25, 0.3) is 0 Å². The maximum Gasteiger partial charge on any atom is 0.222 e. The van der Waals surface area contributed by atoms with Crippen LogP contribution in [-0.4, -0.2) is 51.7 Å². The molecule has 3 rings (SSSR count). The molecule has 2 fully saturated rings. The molecule has 6 heteroatoms. The number of likely N-dealkylation sites (tertiary alicyclic amines) is 1. The molecule has 5 nitrogen and oxygen atoms in total. The number of amides is 1. The van der Waals surface area contributed by atoms with Gasteiger partial charge in [0.1, 0.15) is 0 Å². The Morgan fingerprint density at radius 2 is 1.48 bits per heavy atom. The van der Waals surface area contributed by atoms with Gasteiger partial charge in [-0.3, -0.25) is 4.79 Å². The van der Waals surface area contributed by atoms with E-state index < -0.39 is 9.84 Å². The van der Waals surface area contributed by atoms with Gasteiger partial charge in [-0.2, -0.15) is 0 Å². The van der Waals surface area contributed by atoms with E-state index >= 15 is 0 Å². The monoisotopic (exact) mass is 392 g/mol. The van der Waals surface area contributed by atoms with Crippen molar-refractivity contribution >= 4 is 21.4 Å². The molecular formula is C21H32N2O3S. The number of benzene rings is 1. The van der Waals surface area contributed by atoms with Crippen LogP contribution in [0, 0.1) is 11.8 Å². The summed E-state index contributed by atoms with van der Waals surface area (Å²) < 4.78 is 23.2. The number of sulfone groups is 1. The molecule has 0 unspecified atom stereocenters. The third-order valence-electron chi connectivity index (χ3n) is 6.19. The third kappa shape index (κ3) is 5.03. The van der Waals surface area contributed by atoms with E-state index in [4.69, 9.17) is 0 Å². The number of hydrogen-bond acceptors (Lipinski definition) is 4. The number of nitrogens with zero attached hydrogens (tertiary/aromatic N) is 2. The molecule has 0 saturated carbocycles. The summed E-state index contributed by atoms with van der Waals surface area (Å²) in [5.74, 6) is 1.81. The molecule has 2 aliphatic heterocycles. The Morgan fingerprint density at radius 1 is 0.963 bits per heavy atom. The predicted molar refractivity (Wildman–Crippen MR) is 109 cm³/mol. The van der Waals surface area contributed by atoms with E-state index in [0.29, 0.717) is 17.2 Å². The van der Waals surface area contributed by atoms with Crippen molar-refractivity contribution in [2.45, 2.75) is 50.3 Å². The lowest BCUT2D eigenvalue weighted by atomic mass is 9.78. The van der Waals surface area contributed by atoms with Crippen LogP contribution in [0.3, 0.4) is 0 Å². The molecule has 2 heterocycles. The van der Waals surface area contributed by atoms with E-state index in [1.54, 1.807) is 12.1 Å². The van der Waals surface area contributed by atoms with Crippen molar-refractivity contribution in [2.75, 3.05) is 37.3 Å². The molecule has 0 N–H and O–H groups in total. The fraction of sp³-hybridized carbons (Fsp3) is 0.667. The van der Waals surface area contributed by atoms with Crippen molar-refractivity contribution in [1.82, 2.24) is 4.90 Å². The summed E-state index contributed by atoms with van der Waals surface area (Å²) in [4.78, 5) is 16.8. The number of anilines is 1. The molecule has 0 spiro atoms. The molecule has 0 radical (unpaired) electrons. The number of carbonyl (C=O) groups excluding carboxylic acids is 1. The summed E-state index contributed by atoms with van der Waals surface area (Å²) in [5, 5.41) is 0. The van der Waals surface area contributed by atoms with Gasteiger partial charge in [-0.1, -0.05) is 6.92 Å². The third-order valence-corrected chi connectivity index (χ3v) is 7.32. The van der Waals surface area contributed by atoms with Gasteiger partial charge < -0.3 is 9.80 Å². The predicted octanol–water partition coefficient (Wildman–Crippen LogP) is 3.35. The topological polar surface area (TPSA) is 57.7 Å². The van der Waals surface area contributed by atoms with E-state index in [1.807, 2.05) is 12.1 Å². The zero-order valence-electron chi connectivity index (χ0n) is 16.6. The standard InChI is InChI=1S/C21H32N2O3S/c1-3-4-21(24)23-15-11-18(12-16-23)17-9-13-22(14-10-17)19-5-7-20(8-6-19)27(2,25)26/h5-8,17-18H,3-4,9-16H2,1-2H3. The highest BCUT2D eigenvalue weighted by atomic mass is 32.2. The van der Waals surface area contributed by atoms with Crippen molar-refractivity contribution in [3.05, 3.63) is 24.3 Å². The smallest absolute Gasteiger partial charge is 0.222 e. The Bertz CT molecular complexity index is 729. The molecule has 2 saturated heterocycles. The van der Waals surface area contributed by atoms with Crippen LogP contribution in [0.25, 0.3) is 0 Å². The van der Waals surface area contributed by atoms with Crippen molar-refractivity contribution in [2.24, 2.45) is 11.8 Å². The number of hydrogen-bond donors (Lipinski definition) is 0. The van der Waals surface area contributed by atoms with Crippen LogP contribution in [0.5, 0.6) is 0 Å². The van der Waals surface area contributed by atoms with Crippen LogP contribution in [-0.2, 0) is 14.6 Å². The summed E-state index contributed by atoms with van der Waals surface area (Å²) in [7, 11) is -3.13. The van der Waals surface area contributed by atoms with Gasteiger partial charge in [0.15, 0.2) is 9.84 Å². The number of carbonyl (C=O) groups is 1. The first-order valence-electron chi connectivity index (χ1n) is 10.2. The normalized spacial score (nSPS) is 20.1. The quantitative estimate of drug-likeness (QED) is 0.771. The first-order valence-corrected chi connectivity index (χ1v) is 12.1. The van der Waals surface area contributed by atoms with Gasteiger partial charge in [0.2, 0.25) is 5.91 Å². The maximum absolute atomic E-state index is 12.0. The second-order valence-electron chi connectivity index (χ2n) is 8.06. The average Bonchev–Trinajstić information content (AvgIpc) is 2.68. The van der Waals surface area contributed by atoms with Crippen LogP contribution in [0.2, 0.25) is 0 Å². The summed E-state index contributed by atoms with van der Waals surface area (Å²) in [6, 6.07) is 7.27. The van der Waals surface area contributed by atoms with Crippen LogP contribution in [0.1, 0.15) is 45.4 Å². The SMILES string of the molecule is CCCC(=O)N1CCC(C2CCN(c3ccc(S(C)(=O)=O)cc3)CC2)CC1. The minimum absolute atomic E-state index is 0.323. The van der Waals surface area contributed by atoms with E-state index in [0.717, 1.165) is 63.0 Å². The molecule has 1 aromatic rings. The fourth-order valence-corrected chi connectivity index (χ4v) is 5.16. The van der Waals surface area contributed by atoms with Crippen LogP contribution in [0.15, 0.2) is 29.2 Å². The lowest BCUT2D eigenvalue weighted by Crippen LogP contribution is -2.42. The molecule has 27 heavy (non-hydrogen) atoms. The molecule has 2 aliphatic rings. The van der Waals surface area contributed by atoms with Crippen molar-refractivity contribution < 1.29 is 13.2 Å². The number of piperidine rings is 2. The number of rotatable bonds is 5. The lowest BCUT2D eigenvalue weighted by Gasteiger charge is -2.41. The second kappa shape index (κ2) is 8.63. The zero-order chi connectivity index (χ0) is 19.4. The Labute approximate surface area is 163 Å². The molecular weight excluding hydrogens is 360 g/mol. The molecule has 0 bridgehead atoms. The Balaban J connectivity index is 1.49. The largest absolute Gasteiger partial charge is 0.372 e. The van der Waals surface area contributed by atoms with Gasteiger partial charge in [0.05, 0.1) is 4.90 Å². The molecule has 1 amide bonds. The Morgan fingerprint density at radius 3 is 1.96 bits per heavy atom. The van der Waals surface area contributed by atoms with E-state index in [9.17, 15) is 13.2 Å². The van der Waals surface area contributed by atoms with Crippen LogP contribution in [0.4, 0.5) is 5.69 Å². The van der Waals surface area contributed by atoms with Gasteiger partial charge >= 0.3 is 0 Å². The molecule has 0 atom stereocenters. The van der Waals surface area contributed by atoms with Crippen molar-refractivity contribution in [3.63, 3.8) is 0 Å². The highest BCUT2D eigenvalue weighted by molar-refractivity contribution is 7.90. The zero-order valence-corrected chi connectivity index (χ0v) is 17.4. The van der Waals surface area contributed by atoms with E-state index in [-0.39, 0.29) is 0 Å². The molecule has 150 valence electrons. The minimum atomic E-state index is -3.13. The minimum Gasteiger partial charge on any atom is -0.372 e. The summed E-state index contributed by atoms with van der Waals surface area (Å²) in [5.41, 5.74) is 1.11. The maximum atomic E-state index is 12.0. The first-order chi connectivity index (χ1) is 12.9. The van der Waals surface area contributed by atoms with E-state index in [1.165, 1.54) is 19.1 Å². The average molecular weight is 393 g/mol. The molecule has 0 aromatic heterocycles. The summed E-state index contributed by atoms with van der Waals surface area (Å²) in [6.45, 7) is 5.97. The Hall–Kier alpha value is -1.56. The molecule has 1 aromatic carbocycles. The van der Waals surface area contributed by atoms with E-state index in [2.05, 4.69) is 16.7 Å². The van der Waals surface area contributed by atoms with Gasteiger partial charge in [-0.15, -0.1) is 0 Å². The van der Waals surface area contributed by atoms with Gasteiger partial charge in [-0.25, -0.2) is 8.42 Å². The lowest BCUT2D eigenvalue weighted by molar-refractivity contribution is -0.132. The second-order valence-corrected chi connectivity index (χ2v) is 10.1. The molecule has 0 aliphatic carbocycles. The van der Waals surface area contributed by atoms with Gasteiger partial charge in [-0.05, 0) is 68.2 Å². The van der Waals surface area contributed by atoms with Crippen molar-refractivity contribution in [3.8, 4) is 0 Å². The Kier molecular flexibility index (Phi) is 6.45.